The maximum absolute atomic E-state index is 11.6. The number of ketones is 1. The number of carbonyl (C=O) groups excluding carboxylic acids is 2. The minimum Gasteiger partial charge on any atom is -0.465 e. The van der Waals surface area contributed by atoms with Crippen molar-refractivity contribution in [1.29, 1.82) is 0 Å². The summed E-state index contributed by atoms with van der Waals surface area (Å²) in [6.45, 7) is 0. The number of benzene rings is 1. The second kappa shape index (κ2) is 3.85. The molecule has 1 saturated carbocycles. The maximum atomic E-state index is 11.6. The van der Waals surface area contributed by atoms with E-state index in [1.165, 1.54) is 7.11 Å². The third kappa shape index (κ3) is 2.06. The minimum absolute atomic E-state index is 0.186. The summed E-state index contributed by atoms with van der Waals surface area (Å²) in [6.07, 6.45) is 2.00. The van der Waals surface area contributed by atoms with Gasteiger partial charge in [0.25, 0.3) is 0 Å². The molecule has 2 rings (SSSR count). The van der Waals surface area contributed by atoms with Gasteiger partial charge in [0, 0.05) is 11.5 Å². The number of methoxy groups -OCH3 is 1. The molecule has 0 bridgehead atoms. The minimum atomic E-state index is -0.375. The normalized spacial score (nSPS) is 14.7. The van der Waals surface area contributed by atoms with Crippen molar-refractivity contribution in [3.63, 3.8) is 0 Å². The highest BCUT2D eigenvalue weighted by atomic mass is 16.5. The van der Waals surface area contributed by atoms with Gasteiger partial charge >= 0.3 is 5.97 Å². The molecular formula is C12H12O3. The van der Waals surface area contributed by atoms with Crippen molar-refractivity contribution in [3.05, 3.63) is 35.4 Å². The van der Waals surface area contributed by atoms with Crippen molar-refractivity contribution in [3.8, 4) is 0 Å². The molecule has 0 atom stereocenters. The molecular weight excluding hydrogens is 192 g/mol. The van der Waals surface area contributed by atoms with Crippen LogP contribution < -0.4 is 0 Å². The number of carbonyl (C=O) groups is 2. The monoisotopic (exact) mass is 204 g/mol. The Bertz CT molecular complexity index is 388. The molecule has 1 fully saturated rings. The van der Waals surface area contributed by atoms with Gasteiger partial charge in [-0.1, -0.05) is 12.1 Å². The van der Waals surface area contributed by atoms with E-state index in [1.807, 2.05) is 0 Å². The van der Waals surface area contributed by atoms with Gasteiger partial charge in [0.1, 0.15) is 0 Å². The number of rotatable bonds is 3. The van der Waals surface area contributed by atoms with Crippen LogP contribution in [0.3, 0.4) is 0 Å². The van der Waals surface area contributed by atoms with E-state index in [-0.39, 0.29) is 17.7 Å². The highest BCUT2D eigenvalue weighted by Gasteiger charge is 2.30. The van der Waals surface area contributed by atoms with Gasteiger partial charge in [-0.3, -0.25) is 4.79 Å². The average molecular weight is 204 g/mol. The van der Waals surface area contributed by atoms with Gasteiger partial charge in [-0.2, -0.15) is 0 Å². The Hall–Kier alpha value is -1.64. The molecule has 0 amide bonds. The summed E-state index contributed by atoms with van der Waals surface area (Å²) in [5.41, 5.74) is 1.16. The van der Waals surface area contributed by atoms with Crippen LogP contribution in [0.25, 0.3) is 0 Å². The first-order chi connectivity index (χ1) is 7.22. The molecule has 1 aromatic rings. The lowest BCUT2D eigenvalue weighted by molar-refractivity contribution is 0.0600. The van der Waals surface area contributed by atoms with Crippen LogP contribution in [-0.4, -0.2) is 18.9 Å². The van der Waals surface area contributed by atoms with E-state index < -0.39 is 0 Å². The first kappa shape index (κ1) is 9.90. The van der Waals surface area contributed by atoms with E-state index in [2.05, 4.69) is 4.74 Å². The fourth-order valence-electron chi connectivity index (χ4n) is 1.47. The van der Waals surface area contributed by atoms with Crippen LogP contribution in [-0.2, 0) is 4.74 Å². The summed E-state index contributed by atoms with van der Waals surface area (Å²) in [7, 11) is 1.34. The fourth-order valence-corrected chi connectivity index (χ4v) is 1.47. The molecule has 78 valence electrons. The SMILES string of the molecule is COC(=O)c1ccc(C(=O)C2CC2)cc1. The molecule has 0 aliphatic heterocycles. The molecule has 0 saturated heterocycles. The molecule has 1 aliphatic carbocycles. The van der Waals surface area contributed by atoms with Crippen LogP contribution in [0.5, 0.6) is 0 Å². The largest absolute Gasteiger partial charge is 0.465 e. The fraction of sp³-hybridized carbons (Fsp3) is 0.333. The molecule has 15 heavy (non-hydrogen) atoms. The Morgan fingerprint density at radius 1 is 1.13 bits per heavy atom. The Labute approximate surface area is 88.1 Å². The molecule has 0 aromatic heterocycles. The molecule has 1 aliphatic rings. The lowest BCUT2D eigenvalue weighted by Gasteiger charge is -2.01. The Morgan fingerprint density at radius 3 is 2.13 bits per heavy atom. The van der Waals surface area contributed by atoms with Gasteiger partial charge in [-0.15, -0.1) is 0 Å². The average Bonchev–Trinajstić information content (AvgIpc) is 3.11. The maximum Gasteiger partial charge on any atom is 0.337 e. The number of Topliss-reactive ketones (excluding diaryl/α,β-unsaturated/α-hetero) is 1. The Balaban J connectivity index is 2.16. The summed E-state index contributed by atoms with van der Waals surface area (Å²) in [5.74, 6) is 0.0285. The Morgan fingerprint density at radius 2 is 1.67 bits per heavy atom. The van der Waals surface area contributed by atoms with Gasteiger partial charge in [0.05, 0.1) is 12.7 Å². The molecule has 3 nitrogen and oxygen atoms in total. The zero-order valence-corrected chi connectivity index (χ0v) is 8.53. The lowest BCUT2D eigenvalue weighted by atomic mass is 10.1. The molecule has 0 radical (unpaired) electrons. The Kier molecular flexibility index (Phi) is 2.54. The van der Waals surface area contributed by atoms with E-state index >= 15 is 0 Å². The number of esters is 1. The van der Waals surface area contributed by atoms with Crippen molar-refractivity contribution >= 4 is 11.8 Å². The predicted molar refractivity (Wildman–Crippen MR) is 54.8 cm³/mol. The number of ether oxygens (including phenoxy) is 1. The zero-order chi connectivity index (χ0) is 10.8. The molecule has 1 aromatic carbocycles. The summed E-state index contributed by atoms with van der Waals surface area (Å²) >= 11 is 0. The molecule has 0 unspecified atom stereocenters. The highest BCUT2D eigenvalue weighted by Crippen LogP contribution is 2.32. The predicted octanol–water partition coefficient (Wildman–Crippen LogP) is 2.07. The smallest absolute Gasteiger partial charge is 0.337 e. The second-order valence-corrected chi connectivity index (χ2v) is 3.71. The van der Waals surface area contributed by atoms with Gasteiger partial charge < -0.3 is 4.74 Å². The van der Waals surface area contributed by atoms with Crippen molar-refractivity contribution in [1.82, 2.24) is 0 Å². The summed E-state index contributed by atoms with van der Waals surface area (Å²) in [6, 6.07) is 6.63. The third-order valence-corrected chi connectivity index (χ3v) is 2.54. The topological polar surface area (TPSA) is 43.4 Å². The van der Waals surface area contributed by atoms with E-state index in [9.17, 15) is 9.59 Å². The van der Waals surface area contributed by atoms with E-state index in [1.54, 1.807) is 24.3 Å². The lowest BCUT2D eigenvalue weighted by Crippen LogP contribution is -2.04. The van der Waals surface area contributed by atoms with Crippen LogP contribution in [0.1, 0.15) is 33.6 Å². The zero-order valence-electron chi connectivity index (χ0n) is 8.53. The van der Waals surface area contributed by atoms with E-state index in [0.717, 1.165) is 12.8 Å². The van der Waals surface area contributed by atoms with Gasteiger partial charge in [-0.25, -0.2) is 4.79 Å². The molecule has 0 spiro atoms. The van der Waals surface area contributed by atoms with Crippen molar-refractivity contribution in [2.24, 2.45) is 5.92 Å². The first-order valence-electron chi connectivity index (χ1n) is 4.95. The molecule has 3 heteroatoms. The van der Waals surface area contributed by atoms with Crippen LogP contribution in [0.15, 0.2) is 24.3 Å². The van der Waals surface area contributed by atoms with E-state index in [4.69, 9.17) is 0 Å². The van der Waals surface area contributed by atoms with Crippen LogP contribution in [0.4, 0.5) is 0 Å². The summed E-state index contributed by atoms with van der Waals surface area (Å²) in [5, 5.41) is 0. The standard InChI is InChI=1S/C12H12O3/c1-15-12(14)10-6-4-9(5-7-10)11(13)8-2-3-8/h4-8H,2-3H2,1H3. The van der Waals surface area contributed by atoms with Crippen molar-refractivity contribution in [2.45, 2.75) is 12.8 Å². The molecule has 0 heterocycles. The quantitative estimate of drug-likeness (QED) is 0.559. The van der Waals surface area contributed by atoms with Crippen molar-refractivity contribution < 1.29 is 14.3 Å². The number of hydrogen-bond acceptors (Lipinski definition) is 3. The van der Waals surface area contributed by atoms with Crippen LogP contribution >= 0.6 is 0 Å². The second-order valence-electron chi connectivity index (χ2n) is 3.71. The van der Waals surface area contributed by atoms with Crippen LogP contribution in [0.2, 0.25) is 0 Å². The van der Waals surface area contributed by atoms with Gasteiger partial charge in [0.2, 0.25) is 0 Å². The highest BCUT2D eigenvalue weighted by molar-refractivity contribution is 6.00. The first-order valence-corrected chi connectivity index (χ1v) is 4.95. The van der Waals surface area contributed by atoms with E-state index in [0.29, 0.717) is 11.1 Å². The third-order valence-electron chi connectivity index (χ3n) is 2.54. The molecule has 0 N–H and O–H groups in total. The summed E-state index contributed by atoms with van der Waals surface area (Å²) < 4.78 is 4.57. The van der Waals surface area contributed by atoms with Gasteiger partial charge in [-0.05, 0) is 25.0 Å². The van der Waals surface area contributed by atoms with Crippen molar-refractivity contribution in [2.75, 3.05) is 7.11 Å². The summed E-state index contributed by atoms with van der Waals surface area (Å²) in [4.78, 5) is 22.8. The van der Waals surface area contributed by atoms with Gasteiger partial charge in [0.15, 0.2) is 5.78 Å². The van der Waals surface area contributed by atoms with Crippen LogP contribution in [0, 0.1) is 5.92 Å². The number of hydrogen-bond donors (Lipinski definition) is 0.